The van der Waals surface area contributed by atoms with E-state index in [1.54, 1.807) is 0 Å². The molecule has 0 radical (unpaired) electrons. The molecule has 0 bridgehead atoms. The first-order chi connectivity index (χ1) is 10.6. The van der Waals surface area contributed by atoms with E-state index in [4.69, 9.17) is 14.2 Å². The van der Waals surface area contributed by atoms with Crippen molar-refractivity contribution in [3.8, 4) is 0 Å². The van der Waals surface area contributed by atoms with Gasteiger partial charge in [0.25, 0.3) is 0 Å². The van der Waals surface area contributed by atoms with E-state index in [0.717, 1.165) is 38.5 Å². The average molecular weight is 324 g/mol. The monoisotopic (exact) mass is 324 g/mol. The summed E-state index contributed by atoms with van der Waals surface area (Å²) in [7, 11) is 0. The second-order valence-corrected chi connectivity index (χ2v) is 9.69. The molecule has 1 unspecified atom stereocenters. The van der Waals surface area contributed by atoms with Crippen LogP contribution in [0.5, 0.6) is 0 Å². The zero-order valence-electron chi connectivity index (χ0n) is 15.2. The summed E-state index contributed by atoms with van der Waals surface area (Å²) >= 11 is 0. The maximum atomic E-state index is 10.8. The van der Waals surface area contributed by atoms with E-state index in [9.17, 15) is 5.11 Å². The molecule has 132 valence electrons. The van der Waals surface area contributed by atoms with Gasteiger partial charge in [0.05, 0.1) is 35.1 Å². The number of fused-ring (bicyclic) bond motifs is 2. The van der Waals surface area contributed by atoms with Gasteiger partial charge >= 0.3 is 0 Å². The van der Waals surface area contributed by atoms with E-state index in [1.807, 2.05) is 6.92 Å². The van der Waals surface area contributed by atoms with Crippen LogP contribution in [0.4, 0.5) is 0 Å². The Morgan fingerprint density at radius 2 is 1.65 bits per heavy atom. The topological polar surface area (TPSA) is 57.8 Å². The SMILES string of the molecule is CC1(C)OC1CC[C@@]1(C)CC[C@]2(C)O[C@H]2CC[C@](C)(O)[C@H]2O[C@@H]21. The lowest BCUT2D eigenvalue weighted by Crippen LogP contribution is -2.39. The maximum absolute atomic E-state index is 10.8. The van der Waals surface area contributed by atoms with Gasteiger partial charge in [-0.1, -0.05) is 6.92 Å². The summed E-state index contributed by atoms with van der Waals surface area (Å²) in [4.78, 5) is 0. The number of aliphatic hydroxyl groups is 1. The van der Waals surface area contributed by atoms with Crippen LogP contribution in [0.1, 0.15) is 73.1 Å². The third-order valence-corrected chi connectivity index (χ3v) is 7.07. The van der Waals surface area contributed by atoms with Crippen molar-refractivity contribution in [2.45, 2.75) is 114 Å². The molecular formula is C19H32O4. The fraction of sp³-hybridized carbons (Fsp3) is 1.00. The minimum absolute atomic E-state index is 0.0104. The van der Waals surface area contributed by atoms with Crippen molar-refractivity contribution in [2.24, 2.45) is 5.41 Å². The van der Waals surface area contributed by atoms with Gasteiger partial charge < -0.3 is 19.3 Å². The number of ether oxygens (including phenoxy) is 3. The highest BCUT2D eigenvalue weighted by Crippen LogP contribution is 2.56. The zero-order chi connectivity index (χ0) is 16.7. The lowest BCUT2D eigenvalue weighted by atomic mass is 9.71. The molecule has 4 fully saturated rings. The van der Waals surface area contributed by atoms with Gasteiger partial charge in [0.1, 0.15) is 6.10 Å². The normalized spacial score (nSPS) is 57.1. The first-order valence-electron chi connectivity index (χ1n) is 9.29. The first kappa shape index (κ1) is 16.3. The lowest BCUT2D eigenvalue weighted by Gasteiger charge is -2.32. The highest BCUT2D eigenvalue weighted by atomic mass is 16.6. The van der Waals surface area contributed by atoms with Gasteiger partial charge in [0, 0.05) is 0 Å². The summed E-state index contributed by atoms with van der Waals surface area (Å²) in [5.74, 6) is 0. The maximum Gasteiger partial charge on any atom is 0.113 e. The van der Waals surface area contributed by atoms with Gasteiger partial charge in [-0.2, -0.15) is 0 Å². The van der Waals surface area contributed by atoms with Gasteiger partial charge in [-0.15, -0.1) is 0 Å². The molecule has 3 aliphatic heterocycles. The van der Waals surface area contributed by atoms with Crippen LogP contribution in [0.3, 0.4) is 0 Å². The quantitative estimate of drug-likeness (QED) is 0.810. The molecule has 0 spiro atoms. The van der Waals surface area contributed by atoms with E-state index in [-0.39, 0.29) is 28.8 Å². The molecule has 7 atom stereocenters. The van der Waals surface area contributed by atoms with Crippen LogP contribution < -0.4 is 0 Å². The van der Waals surface area contributed by atoms with Crippen LogP contribution in [-0.4, -0.2) is 46.3 Å². The Morgan fingerprint density at radius 3 is 2.30 bits per heavy atom. The molecule has 0 amide bonds. The Kier molecular flexibility index (Phi) is 3.35. The van der Waals surface area contributed by atoms with Gasteiger partial charge in [-0.3, -0.25) is 0 Å². The predicted molar refractivity (Wildman–Crippen MR) is 87.3 cm³/mol. The smallest absolute Gasteiger partial charge is 0.113 e. The molecule has 3 heterocycles. The minimum atomic E-state index is -0.731. The second kappa shape index (κ2) is 4.72. The van der Waals surface area contributed by atoms with Crippen LogP contribution in [0.25, 0.3) is 0 Å². The summed E-state index contributed by atoms with van der Waals surface area (Å²) < 4.78 is 17.8. The third kappa shape index (κ3) is 2.86. The largest absolute Gasteiger partial charge is 0.387 e. The van der Waals surface area contributed by atoms with Gasteiger partial charge in [-0.25, -0.2) is 0 Å². The molecule has 23 heavy (non-hydrogen) atoms. The molecular weight excluding hydrogens is 292 g/mol. The van der Waals surface area contributed by atoms with Crippen molar-refractivity contribution in [3.63, 3.8) is 0 Å². The molecule has 4 rings (SSSR count). The van der Waals surface area contributed by atoms with E-state index >= 15 is 0 Å². The molecule has 4 heteroatoms. The van der Waals surface area contributed by atoms with Crippen molar-refractivity contribution in [3.05, 3.63) is 0 Å². The van der Waals surface area contributed by atoms with Crippen molar-refractivity contribution in [1.29, 1.82) is 0 Å². The Morgan fingerprint density at radius 1 is 0.957 bits per heavy atom. The van der Waals surface area contributed by atoms with Crippen molar-refractivity contribution < 1.29 is 19.3 Å². The summed E-state index contributed by atoms with van der Waals surface area (Å²) in [6, 6.07) is 0. The third-order valence-electron chi connectivity index (χ3n) is 7.07. The molecule has 4 nitrogen and oxygen atoms in total. The van der Waals surface area contributed by atoms with Gasteiger partial charge in [-0.05, 0) is 71.6 Å². The standard InChI is InChI=1S/C19H32O4/c1-16(2)12(22-16)6-8-17(3)10-11-19(5)13(23-19)7-9-18(4,20)15-14(17)21-15/h12-15,20H,6-11H2,1-5H3/t12?,13-,14-,15-,17-,18-,19-/m0/s1. The number of rotatable bonds is 3. The van der Waals surface area contributed by atoms with Crippen LogP contribution in [0.2, 0.25) is 0 Å². The van der Waals surface area contributed by atoms with Crippen LogP contribution >= 0.6 is 0 Å². The van der Waals surface area contributed by atoms with Crippen LogP contribution in [0, 0.1) is 5.41 Å². The van der Waals surface area contributed by atoms with Crippen LogP contribution in [-0.2, 0) is 14.2 Å². The van der Waals surface area contributed by atoms with Gasteiger partial charge in [0.15, 0.2) is 0 Å². The van der Waals surface area contributed by atoms with Crippen molar-refractivity contribution >= 4 is 0 Å². The average Bonchev–Trinajstić information content (AvgIpc) is 3.32. The first-order valence-corrected chi connectivity index (χ1v) is 9.29. The summed E-state index contributed by atoms with van der Waals surface area (Å²) in [5, 5.41) is 10.8. The molecule has 1 N–H and O–H groups in total. The zero-order valence-corrected chi connectivity index (χ0v) is 15.2. The van der Waals surface area contributed by atoms with E-state index < -0.39 is 5.60 Å². The van der Waals surface area contributed by atoms with Crippen molar-refractivity contribution in [1.82, 2.24) is 0 Å². The number of hydrogen-bond acceptors (Lipinski definition) is 4. The Labute approximate surface area is 139 Å². The van der Waals surface area contributed by atoms with E-state index in [2.05, 4.69) is 27.7 Å². The number of hydrogen-bond donors (Lipinski definition) is 1. The van der Waals surface area contributed by atoms with Gasteiger partial charge in [0.2, 0.25) is 0 Å². The molecule has 1 saturated carbocycles. The fourth-order valence-electron chi connectivity index (χ4n) is 4.70. The Bertz CT molecular complexity index is 502. The molecule has 4 aliphatic rings. The summed E-state index contributed by atoms with van der Waals surface area (Å²) in [6.07, 6.45) is 6.95. The fourth-order valence-corrected chi connectivity index (χ4v) is 4.70. The molecule has 0 aromatic rings. The number of epoxide rings is 3. The second-order valence-electron chi connectivity index (χ2n) is 9.69. The molecule has 0 aromatic heterocycles. The highest BCUT2D eigenvalue weighted by molar-refractivity contribution is 5.11. The summed E-state index contributed by atoms with van der Waals surface area (Å²) in [6.45, 7) is 10.8. The predicted octanol–water partition coefficient (Wildman–Crippen LogP) is 3.20. The van der Waals surface area contributed by atoms with Crippen LogP contribution in [0.15, 0.2) is 0 Å². The summed E-state index contributed by atoms with van der Waals surface area (Å²) in [5.41, 5.74) is -0.550. The lowest BCUT2D eigenvalue weighted by molar-refractivity contribution is 0.0178. The molecule has 0 aromatic carbocycles. The Hall–Kier alpha value is -0.160. The Balaban J connectivity index is 1.48. The van der Waals surface area contributed by atoms with E-state index in [0.29, 0.717) is 12.2 Å². The molecule has 3 saturated heterocycles. The highest BCUT2D eigenvalue weighted by Gasteiger charge is 2.63. The van der Waals surface area contributed by atoms with E-state index in [1.165, 1.54) is 0 Å². The van der Waals surface area contributed by atoms with Crippen molar-refractivity contribution in [2.75, 3.05) is 0 Å². The molecule has 1 aliphatic carbocycles. The minimum Gasteiger partial charge on any atom is -0.387 e.